The number of aryl methyl sites for hydroxylation is 2. The van der Waals surface area contributed by atoms with E-state index in [0.717, 1.165) is 12.1 Å². The molecule has 1 aliphatic rings. The molecule has 11 nitrogen and oxygen atoms in total. The molecule has 0 aliphatic carbocycles. The third-order valence-electron chi connectivity index (χ3n) is 8.71. The second-order valence-corrected chi connectivity index (χ2v) is 16.3. The van der Waals surface area contributed by atoms with Crippen LogP contribution in [0.2, 0.25) is 0 Å². The van der Waals surface area contributed by atoms with Gasteiger partial charge in [0.2, 0.25) is 5.91 Å². The lowest BCUT2D eigenvalue weighted by molar-refractivity contribution is -0.227. The summed E-state index contributed by atoms with van der Waals surface area (Å²) in [6.45, 7) is 3.20. The highest BCUT2D eigenvalue weighted by Gasteiger charge is 2.48. The summed E-state index contributed by atoms with van der Waals surface area (Å²) in [6, 6.07) is 16.4. The van der Waals surface area contributed by atoms with E-state index in [1.807, 2.05) is 0 Å². The van der Waals surface area contributed by atoms with Crippen molar-refractivity contribution in [1.82, 2.24) is 19.2 Å². The molecule has 54 heavy (non-hydrogen) atoms. The summed E-state index contributed by atoms with van der Waals surface area (Å²) in [4.78, 5) is 34.8. The topological polar surface area (TPSA) is 162 Å². The molecule has 4 N–H and O–H groups in total. The number of alkyl halides is 6. The lowest BCUT2D eigenvalue weighted by Gasteiger charge is -2.33. The molecule has 1 aliphatic heterocycles. The molecule has 286 valence electrons. The summed E-state index contributed by atoms with van der Waals surface area (Å²) in [6.07, 6.45) is -11.7. The fourth-order valence-electron chi connectivity index (χ4n) is 6.06. The molecule has 19 heteroatoms. The number of halogens is 6. The van der Waals surface area contributed by atoms with Crippen LogP contribution in [0.25, 0.3) is 22.2 Å². The van der Waals surface area contributed by atoms with Crippen LogP contribution in [-0.4, -0.2) is 50.0 Å². The number of nitrogens with zero attached hydrogens (tertiary/aromatic N) is 2. The number of carbonyl (C=O) groups is 2. The van der Waals surface area contributed by atoms with Gasteiger partial charge in [0.05, 0.1) is 27.9 Å². The summed E-state index contributed by atoms with van der Waals surface area (Å²) in [5, 5.41) is -1.04. The Morgan fingerprint density at radius 3 is 2.26 bits per heavy atom. The summed E-state index contributed by atoms with van der Waals surface area (Å²) in [7, 11) is -9.14. The Kier molecular flexibility index (Phi) is 10.1. The van der Waals surface area contributed by atoms with Gasteiger partial charge >= 0.3 is 18.3 Å². The number of fused-ring (bicyclic) bond motifs is 1. The van der Waals surface area contributed by atoms with Gasteiger partial charge in [-0.3, -0.25) is 18.6 Å². The Morgan fingerprint density at radius 1 is 0.963 bits per heavy atom. The van der Waals surface area contributed by atoms with E-state index in [-0.39, 0.29) is 45.0 Å². The zero-order valence-corrected chi connectivity index (χ0v) is 29.7. The second-order valence-electron chi connectivity index (χ2n) is 12.6. The van der Waals surface area contributed by atoms with E-state index in [9.17, 15) is 53.5 Å². The van der Waals surface area contributed by atoms with Crippen molar-refractivity contribution in [3.05, 3.63) is 119 Å². The van der Waals surface area contributed by atoms with Crippen molar-refractivity contribution >= 4 is 43.7 Å². The predicted molar refractivity (Wildman–Crippen MR) is 185 cm³/mol. The van der Waals surface area contributed by atoms with Crippen LogP contribution in [0.15, 0.2) is 89.8 Å². The highest BCUT2D eigenvalue weighted by atomic mass is 32.3. The van der Waals surface area contributed by atoms with Gasteiger partial charge in [0, 0.05) is 0 Å². The van der Waals surface area contributed by atoms with E-state index < -0.39 is 78.8 Å². The molecule has 5 aromatic rings. The number of imidazole rings is 1. The highest BCUT2D eigenvalue weighted by molar-refractivity contribution is 8.23. The van der Waals surface area contributed by atoms with Crippen LogP contribution in [0.4, 0.5) is 26.3 Å². The molecule has 1 saturated heterocycles. The molecule has 1 aromatic heterocycles. The fraction of sp³-hybridized carbons (Fsp3) is 0.229. The van der Waals surface area contributed by atoms with Crippen molar-refractivity contribution in [2.75, 3.05) is 0 Å². The minimum Gasteiger partial charge on any atom is -0.344 e. The molecule has 0 bridgehead atoms. The molecule has 0 radical (unpaired) electrons. The predicted octanol–water partition coefficient (Wildman–Crippen LogP) is 8.09. The van der Waals surface area contributed by atoms with Crippen LogP contribution < -0.4 is 4.72 Å². The minimum absolute atomic E-state index is 0.134. The third-order valence-corrected chi connectivity index (χ3v) is 12.1. The van der Waals surface area contributed by atoms with Crippen LogP contribution in [0, 0.1) is 13.8 Å². The summed E-state index contributed by atoms with van der Waals surface area (Å²) >= 11 is 0. The van der Waals surface area contributed by atoms with Gasteiger partial charge in [-0.1, -0.05) is 66.2 Å². The van der Waals surface area contributed by atoms with Gasteiger partial charge in [0.15, 0.2) is 0 Å². The Labute approximate surface area is 305 Å². The van der Waals surface area contributed by atoms with E-state index in [4.69, 9.17) is 0 Å². The fourth-order valence-corrected chi connectivity index (χ4v) is 8.93. The number of nitrogens with one attached hydrogen (secondary N) is 2. The maximum atomic E-state index is 14.6. The largest absolute Gasteiger partial charge is 0.492 e. The van der Waals surface area contributed by atoms with Gasteiger partial charge < -0.3 is 9.82 Å². The molecule has 0 saturated carbocycles. The number of aromatic amines is 1. The first-order chi connectivity index (χ1) is 25.1. The maximum Gasteiger partial charge on any atom is 0.492 e. The van der Waals surface area contributed by atoms with Crippen LogP contribution in [-0.2, 0) is 37.0 Å². The first kappa shape index (κ1) is 38.8. The number of hydroxylamine groups is 1. The van der Waals surface area contributed by atoms with Gasteiger partial charge in [-0.05, 0) is 76.8 Å². The average Bonchev–Trinajstić information content (AvgIpc) is 3.65. The van der Waals surface area contributed by atoms with Crippen LogP contribution in [0.3, 0.4) is 0 Å². The molecular weight excluding hydrogens is 767 g/mol. The lowest BCUT2D eigenvalue weighted by atomic mass is 9.94. The summed E-state index contributed by atoms with van der Waals surface area (Å²) < 4.78 is 136. The van der Waals surface area contributed by atoms with Gasteiger partial charge in [0.1, 0.15) is 17.1 Å². The number of para-hydroxylation sites is 2. The Balaban J connectivity index is 1.50. The molecular formula is C35H30F6N4O7S2. The first-order valence-corrected chi connectivity index (χ1v) is 18.9. The van der Waals surface area contributed by atoms with Crippen molar-refractivity contribution < 1.29 is 58.3 Å². The summed E-state index contributed by atoms with van der Waals surface area (Å²) in [5.74, 6) is -3.92. The number of H-pyrrole nitrogens is 1. The van der Waals surface area contributed by atoms with Crippen molar-refractivity contribution in [3.63, 3.8) is 0 Å². The molecule has 6 rings (SSSR count). The zero-order valence-electron chi connectivity index (χ0n) is 28.1. The Morgan fingerprint density at radius 2 is 1.65 bits per heavy atom. The SMILES string of the molecule is Cc1ccc(C)c(-c2ccc(S(=O)(=O)N(OC(=O)C(F)(F)F)[C@@H](Cc3ccc(C4CC(=O)NS4(O)O)cc3)c3nc4ccccc4[nH]3)cc2C(F)(F)F)c1. The van der Waals surface area contributed by atoms with E-state index >= 15 is 0 Å². The van der Waals surface area contributed by atoms with Gasteiger partial charge in [-0.25, -0.2) is 18.2 Å². The first-order valence-electron chi connectivity index (χ1n) is 15.9. The zero-order chi connectivity index (χ0) is 39.4. The number of aromatic nitrogens is 2. The number of benzene rings is 4. The molecule has 0 spiro atoms. The number of hydrogen-bond acceptors (Lipinski definition) is 8. The smallest absolute Gasteiger partial charge is 0.344 e. The van der Waals surface area contributed by atoms with Gasteiger partial charge in [0.25, 0.3) is 10.0 Å². The molecule has 2 heterocycles. The minimum atomic E-state index is -5.74. The highest BCUT2D eigenvalue weighted by Crippen LogP contribution is 2.56. The van der Waals surface area contributed by atoms with Crippen LogP contribution >= 0.6 is 10.8 Å². The molecule has 4 aromatic carbocycles. The number of rotatable bonds is 9. The standard InChI is InChI=1S/C35H30F6N4O7S2/c1-19-7-8-20(2)25(15-19)24-14-13-23(17-26(24)34(36,37)38)54(50,51)45(52-33(47)35(39,40)41)29(32-42-27-5-3-4-6-28(27)43-32)16-21-9-11-22(12-10-21)30-18-31(46)44-53(30,48)49/h3-15,17,29-30,48-49H,16,18H2,1-2H3,(H,42,43)(H,44,46)/t29-,30?/m0/s1. The van der Waals surface area contributed by atoms with Crippen LogP contribution in [0.1, 0.15) is 51.4 Å². The van der Waals surface area contributed by atoms with Crippen LogP contribution in [0.5, 0.6) is 0 Å². The van der Waals surface area contributed by atoms with Crippen molar-refractivity contribution in [2.24, 2.45) is 0 Å². The average molecular weight is 797 g/mol. The number of sulfonamides is 1. The molecule has 1 amide bonds. The maximum absolute atomic E-state index is 14.6. The van der Waals surface area contributed by atoms with Crippen molar-refractivity contribution in [1.29, 1.82) is 0 Å². The summed E-state index contributed by atoms with van der Waals surface area (Å²) in [5.41, 5.74) is 0.354. The lowest BCUT2D eigenvalue weighted by Crippen LogP contribution is -2.42. The third kappa shape index (κ3) is 7.81. The van der Waals surface area contributed by atoms with Crippen molar-refractivity contribution in [3.8, 4) is 11.1 Å². The Bertz CT molecular complexity index is 2330. The monoisotopic (exact) mass is 796 g/mol. The van der Waals surface area contributed by atoms with E-state index in [0.29, 0.717) is 16.6 Å². The number of amides is 1. The quantitative estimate of drug-likeness (QED) is 0.0860. The second kappa shape index (κ2) is 14.0. The van der Waals surface area contributed by atoms with E-state index in [1.54, 1.807) is 38.1 Å². The normalized spacial score (nSPS) is 17.4. The Hall–Kier alpha value is -4.95. The van der Waals surface area contributed by atoms with Crippen molar-refractivity contribution in [2.45, 2.75) is 55.2 Å². The van der Waals surface area contributed by atoms with E-state index in [1.165, 1.54) is 42.5 Å². The van der Waals surface area contributed by atoms with Gasteiger partial charge in [-0.15, -0.1) is 10.8 Å². The number of hydrogen-bond donors (Lipinski definition) is 4. The molecule has 2 atom stereocenters. The molecule has 1 unspecified atom stereocenters. The van der Waals surface area contributed by atoms with E-state index in [2.05, 4.69) is 19.5 Å². The van der Waals surface area contributed by atoms with Gasteiger partial charge in [-0.2, -0.15) is 26.3 Å². The number of carbonyl (C=O) groups excluding carboxylic acids is 2. The molecule has 1 fully saturated rings.